The molecule has 0 spiro atoms. The van der Waals surface area contributed by atoms with Crippen LogP contribution in [0.25, 0.3) is 0 Å². The Morgan fingerprint density at radius 1 is 1.38 bits per heavy atom. The van der Waals surface area contributed by atoms with E-state index in [1.807, 2.05) is 0 Å². The van der Waals surface area contributed by atoms with Gasteiger partial charge in [-0.2, -0.15) is 5.10 Å². The second-order valence-electron chi connectivity index (χ2n) is 4.47. The molecule has 2 aromatic rings. The van der Waals surface area contributed by atoms with Crippen molar-refractivity contribution in [1.82, 2.24) is 9.78 Å². The van der Waals surface area contributed by atoms with Crippen LogP contribution in [0.15, 0.2) is 30.5 Å². The smallest absolute Gasteiger partial charge is 0.324 e. The van der Waals surface area contributed by atoms with Gasteiger partial charge in [-0.25, -0.2) is 9.18 Å². The van der Waals surface area contributed by atoms with Crippen LogP contribution in [0.5, 0.6) is 0 Å². The molecule has 1 heterocycles. The average Bonchev–Trinajstić information content (AvgIpc) is 2.88. The van der Waals surface area contributed by atoms with E-state index in [9.17, 15) is 9.18 Å². The number of rotatable bonds is 5. The number of carbonyl (C=O) groups is 1. The van der Waals surface area contributed by atoms with Crippen LogP contribution >= 0.6 is 0 Å². The Balaban J connectivity index is 1.97. The van der Waals surface area contributed by atoms with Gasteiger partial charge in [-0.05, 0) is 18.6 Å². The highest BCUT2D eigenvalue weighted by Gasteiger charge is 2.10. The number of nitrogens with one attached hydrogen (secondary N) is 2. The van der Waals surface area contributed by atoms with Gasteiger partial charge in [0.25, 0.3) is 0 Å². The Morgan fingerprint density at radius 2 is 2.19 bits per heavy atom. The van der Waals surface area contributed by atoms with Crippen molar-refractivity contribution < 1.29 is 13.9 Å². The highest BCUT2D eigenvalue weighted by molar-refractivity contribution is 5.99. The van der Waals surface area contributed by atoms with E-state index in [1.165, 1.54) is 6.07 Å². The monoisotopic (exact) mass is 292 g/mol. The van der Waals surface area contributed by atoms with Crippen LogP contribution < -0.4 is 10.6 Å². The summed E-state index contributed by atoms with van der Waals surface area (Å²) in [6.45, 7) is 2.84. The molecule has 0 bridgehead atoms. The minimum atomic E-state index is -0.541. The molecule has 0 fully saturated rings. The summed E-state index contributed by atoms with van der Waals surface area (Å²) in [5.74, 6) is -0.0895. The zero-order valence-corrected chi connectivity index (χ0v) is 11.9. The van der Waals surface area contributed by atoms with E-state index in [4.69, 9.17) is 4.74 Å². The number of methoxy groups -OCH3 is 1. The standard InChI is InChI=1S/C14H17FN4O2/c1-10-4-3-5-11(15)13(10)17-14(20)16-12-6-7-19(18-12)8-9-21-2/h3-7H,8-9H2,1-2H3,(H2,16,17,18,20). The fourth-order valence-corrected chi connectivity index (χ4v) is 1.79. The van der Waals surface area contributed by atoms with Gasteiger partial charge in [-0.15, -0.1) is 0 Å². The summed E-state index contributed by atoms with van der Waals surface area (Å²) < 4.78 is 20.2. The average molecular weight is 292 g/mol. The quantitative estimate of drug-likeness (QED) is 0.890. The van der Waals surface area contributed by atoms with E-state index in [0.717, 1.165) is 0 Å². The van der Waals surface area contributed by atoms with Crippen LogP contribution in [0.3, 0.4) is 0 Å². The van der Waals surface area contributed by atoms with Crippen molar-refractivity contribution in [3.63, 3.8) is 0 Å². The molecule has 2 N–H and O–H groups in total. The summed E-state index contributed by atoms with van der Waals surface area (Å²) in [6.07, 6.45) is 1.73. The third kappa shape index (κ3) is 4.03. The van der Waals surface area contributed by atoms with Gasteiger partial charge in [0, 0.05) is 19.4 Å². The van der Waals surface area contributed by atoms with E-state index in [-0.39, 0.29) is 5.69 Å². The summed E-state index contributed by atoms with van der Waals surface area (Å²) in [5, 5.41) is 9.18. The molecule has 2 amide bonds. The molecule has 2 rings (SSSR count). The number of amides is 2. The van der Waals surface area contributed by atoms with Gasteiger partial charge in [0.2, 0.25) is 0 Å². The first-order valence-corrected chi connectivity index (χ1v) is 6.45. The molecule has 0 saturated heterocycles. The predicted molar refractivity (Wildman–Crippen MR) is 77.9 cm³/mol. The SMILES string of the molecule is COCCn1ccc(NC(=O)Nc2c(C)cccc2F)n1. The number of carbonyl (C=O) groups excluding carboxylic acids is 1. The van der Waals surface area contributed by atoms with Gasteiger partial charge < -0.3 is 10.1 Å². The number of aryl methyl sites for hydroxylation is 1. The molecule has 0 aliphatic heterocycles. The molecule has 0 aliphatic carbocycles. The molecule has 6 nitrogen and oxygen atoms in total. The molecule has 7 heteroatoms. The number of para-hydroxylation sites is 1. The maximum atomic E-state index is 13.6. The molecule has 112 valence electrons. The molecule has 0 saturated carbocycles. The molecule has 0 aliphatic rings. The molecule has 1 aromatic heterocycles. The van der Waals surface area contributed by atoms with Crippen molar-refractivity contribution in [2.75, 3.05) is 24.4 Å². The number of hydrogen-bond acceptors (Lipinski definition) is 3. The number of hydrogen-bond donors (Lipinski definition) is 2. The fraction of sp³-hybridized carbons (Fsp3) is 0.286. The van der Waals surface area contributed by atoms with Gasteiger partial charge >= 0.3 is 6.03 Å². The normalized spacial score (nSPS) is 10.4. The maximum Gasteiger partial charge on any atom is 0.324 e. The van der Waals surface area contributed by atoms with Gasteiger partial charge in [0.05, 0.1) is 18.8 Å². The minimum Gasteiger partial charge on any atom is -0.383 e. The van der Waals surface area contributed by atoms with Crippen LogP contribution in [0.1, 0.15) is 5.56 Å². The molecular formula is C14H17FN4O2. The number of nitrogens with zero attached hydrogens (tertiary/aromatic N) is 2. The second-order valence-corrected chi connectivity index (χ2v) is 4.47. The number of urea groups is 1. The van der Waals surface area contributed by atoms with E-state index in [2.05, 4.69) is 15.7 Å². The predicted octanol–water partition coefficient (Wildman–Crippen LogP) is 2.62. The van der Waals surface area contributed by atoms with Crippen LogP contribution in [0, 0.1) is 12.7 Å². The number of aromatic nitrogens is 2. The Labute approximate surface area is 121 Å². The van der Waals surface area contributed by atoms with Gasteiger partial charge in [-0.1, -0.05) is 12.1 Å². The molecule has 0 radical (unpaired) electrons. The number of halogens is 1. The van der Waals surface area contributed by atoms with Gasteiger partial charge in [0.1, 0.15) is 5.82 Å². The maximum absolute atomic E-state index is 13.6. The lowest BCUT2D eigenvalue weighted by Gasteiger charge is -2.09. The van der Waals surface area contributed by atoms with Crippen molar-refractivity contribution in [3.05, 3.63) is 41.8 Å². The molecule has 0 unspecified atom stereocenters. The highest BCUT2D eigenvalue weighted by Crippen LogP contribution is 2.18. The molecule has 1 aromatic carbocycles. The number of ether oxygens (including phenoxy) is 1. The van der Waals surface area contributed by atoms with Crippen molar-refractivity contribution in [2.24, 2.45) is 0 Å². The first kappa shape index (κ1) is 15.0. The molecular weight excluding hydrogens is 275 g/mol. The summed E-state index contributed by atoms with van der Waals surface area (Å²) in [5.41, 5.74) is 0.810. The molecule has 0 atom stereocenters. The Kier molecular flexibility index (Phi) is 4.89. The van der Waals surface area contributed by atoms with Crippen LogP contribution in [0.4, 0.5) is 20.7 Å². The largest absolute Gasteiger partial charge is 0.383 e. The zero-order valence-electron chi connectivity index (χ0n) is 11.9. The van der Waals surface area contributed by atoms with Crippen LogP contribution in [-0.2, 0) is 11.3 Å². The number of anilines is 2. The summed E-state index contributed by atoms with van der Waals surface area (Å²) in [4.78, 5) is 11.8. The Bertz CT molecular complexity index is 607. The Hall–Kier alpha value is -2.41. The van der Waals surface area contributed by atoms with Gasteiger partial charge in [-0.3, -0.25) is 10.00 Å². The van der Waals surface area contributed by atoms with Crippen LogP contribution in [-0.4, -0.2) is 29.5 Å². The Morgan fingerprint density at radius 3 is 2.90 bits per heavy atom. The highest BCUT2D eigenvalue weighted by atomic mass is 19.1. The zero-order chi connectivity index (χ0) is 15.2. The van der Waals surface area contributed by atoms with Crippen molar-refractivity contribution in [1.29, 1.82) is 0 Å². The fourth-order valence-electron chi connectivity index (χ4n) is 1.79. The lowest BCUT2D eigenvalue weighted by atomic mass is 10.2. The van der Waals surface area contributed by atoms with Crippen molar-refractivity contribution in [3.8, 4) is 0 Å². The third-order valence-corrected chi connectivity index (χ3v) is 2.87. The van der Waals surface area contributed by atoms with E-state index in [0.29, 0.717) is 24.5 Å². The first-order chi connectivity index (χ1) is 10.1. The summed E-state index contributed by atoms with van der Waals surface area (Å²) in [7, 11) is 1.60. The first-order valence-electron chi connectivity index (χ1n) is 6.45. The lowest BCUT2D eigenvalue weighted by Crippen LogP contribution is -2.21. The van der Waals surface area contributed by atoms with Crippen molar-refractivity contribution >= 4 is 17.5 Å². The van der Waals surface area contributed by atoms with E-state index < -0.39 is 11.8 Å². The summed E-state index contributed by atoms with van der Waals surface area (Å²) in [6, 6.07) is 5.72. The van der Waals surface area contributed by atoms with Crippen molar-refractivity contribution in [2.45, 2.75) is 13.5 Å². The third-order valence-electron chi connectivity index (χ3n) is 2.87. The lowest BCUT2D eigenvalue weighted by molar-refractivity contribution is 0.183. The number of benzene rings is 1. The van der Waals surface area contributed by atoms with Crippen LogP contribution in [0.2, 0.25) is 0 Å². The van der Waals surface area contributed by atoms with E-state index >= 15 is 0 Å². The van der Waals surface area contributed by atoms with Gasteiger partial charge in [0.15, 0.2) is 5.82 Å². The van der Waals surface area contributed by atoms with E-state index in [1.54, 1.807) is 43.1 Å². The second kappa shape index (κ2) is 6.85. The minimum absolute atomic E-state index is 0.161. The summed E-state index contributed by atoms with van der Waals surface area (Å²) >= 11 is 0. The topological polar surface area (TPSA) is 68.2 Å². The molecule has 21 heavy (non-hydrogen) atoms.